The molecule has 2 N–H and O–H groups in total. The lowest BCUT2D eigenvalue weighted by Gasteiger charge is -2.20. The van der Waals surface area contributed by atoms with Crippen LogP contribution in [0.4, 0.5) is 0 Å². The average molecular weight is 328 g/mol. The summed E-state index contributed by atoms with van der Waals surface area (Å²) >= 11 is 4.91. The molecule has 21 heavy (non-hydrogen) atoms. The zero-order valence-electron chi connectivity index (χ0n) is 12.0. The minimum Gasteiger partial charge on any atom is -0.389 e. The highest BCUT2D eigenvalue weighted by molar-refractivity contribution is 7.88. The van der Waals surface area contributed by atoms with Gasteiger partial charge in [0.05, 0.1) is 11.9 Å². The summed E-state index contributed by atoms with van der Waals surface area (Å²) in [5.74, 6) is -0.0628. The van der Waals surface area contributed by atoms with Crippen molar-refractivity contribution in [3.63, 3.8) is 0 Å². The van der Waals surface area contributed by atoms with Gasteiger partial charge in [0.1, 0.15) is 4.99 Å². The highest BCUT2D eigenvalue weighted by atomic mass is 32.2. The Kier molecular flexibility index (Phi) is 5.32. The van der Waals surface area contributed by atoms with E-state index in [2.05, 4.69) is 0 Å². The van der Waals surface area contributed by atoms with Gasteiger partial charge in [-0.15, -0.1) is 0 Å². The fraction of sp³-hybridized carbons (Fsp3) is 0.500. The van der Waals surface area contributed by atoms with Crippen LogP contribution in [-0.4, -0.2) is 44.0 Å². The number of thiocarbonyl (C=S) groups is 1. The molecule has 0 saturated carbocycles. The smallest absolute Gasteiger partial charge is 0.218 e. The number of hydrogen-bond acceptors (Lipinski definition) is 4. The minimum absolute atomic E-state index is 0.00716. The van der Waals surface area contributed by atoms with E-state index in [9.17, 15) is 8.42 Å². The van der Waals surface area contributed by atoms with Crippen LogP contribution in [0, 0.1) is 0 Å². The van der Waals surface area contributed by atoms with Crippen LogP contribution in [0.5, 0.6) is 0 Å². The maximum Gasteiger partial charge on any atom is 0.218 e. The molecule has 0 aliphatic carbocycles. The van der Waals surface area contributed by atoms with Crippen molar-refractivity contribution in [2.45, 2.75) is 24.7 Å². The van der Waals surface area contributed by atoms with Crippen LogP contribution in [-0.2, 0) is 20.5 Å². The summed E-state index contributed by atoms with van der Waals surface area (Å²) in [5.41, 5.74) is 6.93. The average Bonchev–Trinajstić information content (AvgIpc) is 2.91. The van der Waals surface area contributed by atoms with Gasteiger partial charge < -0.3 is 10.5 Å². The summed E-state index contributed by atoms with van der Waals surface area (Å²) in [4.78, 5) is 0.266. The minimum atomic E-state index is -3.37. The predicted molar refractivity (Wildman–Crippen MR) is 86.6 cm³/mol. The van der Waals surface area contributed by atoms with Crippen molar-refractivity contribution in [1.29, 1.82) is 0 Å². The molecule has 5 nitrogen and oxygen atoms in total. The van der Waals surface area contributed by atoms with Gasteiger partial charge in [-0.3, -0.25) is 0 Å². The molecule has 0 bridgehead atoms. The number of benzene rings is 1. The molecule has 1 saturated heterocycles. The molecular weight excluding hydrogens is 308 g/mol. The third-order valence-corrected chi connectivity index (χ3v) is 5.55. The number of hydrogen-bond donors (Lipinski definition) is 1. The van der Waals surface area contributed by atoms with E-state index in [0.29, 0.717) is 24.3 Å². The Hall–Kier alpha value is -1.02. The topological polar surface area (TPSA) is 72.6 Å². The summed E-state index contributed by atoms with van der Waals surface area (Å²) < 4.78 is 31.6. The molecule has 2 rings (SSSR count). The fourth-order valence-corrected chi connectivity index (χ4v) is 3.67. The van der Waals surface area contributed by atoms with Crippen LogP contribution < -0.4 is 5.73 Å². The predicted octanol–water partition coefficient (Wildman–Crippen LogP) is 1.26. The Balaban J connectivity index is 2.05. The lowest BCUT2D eigenvalue weighted by molar-refractivity contribution is 0.0978. The van der Waals surface area contributed by atoms with Crippen molar-refractivity contribution in [1.82, 2.24) is 4.31 Å². The Morgan fingerprint density at radius 3 is 2.90 bits per heavy atom. The first-order chi connectivity index (χ1) is 9.88. The van der Waals surface area contributed by atoms with Crippen LogP contribution in [0.1, 0.15) is 24.0 Å². The van der Waals surface area contributed by atoms with E-state index < -0.39 is 10.0 Å². The molecule has 1 unspecified atom stereocenters. The molecule has 7 heteroatoms. The molecule has 1 atom stereocenters. The lowest BCUT2D eigenvalue weighted by atomic mass is 10.1. The second kappa shape index (κ2) is 6.83. The molecule has 1 fully saturated rings. The Morgan fingerprint density at radius 1 is 1.52 bits per heavy atom. The van der Waals surface area contributed by atoms with Gasteiger partial charge in [-0.2, -0.15) is 0 Å². The molecule has 1 aliphatic rings. The summed E-state index contributed by atoms with van der Waals surface area (Å²) in [6, 6.07) is 7.02. The van der Waals surface area contributed by atoms with Crippen LogP contribution in [0.2, 0.25) is 0 Å². The number of ether oxygens (including phenoxy) is 1. The van der Waals surface area contributed by atoms with E-state index in [1.165, 1.54) is 4.31 Å². The summed E-state index contributed by atoms with van der Waals surface area (Å²) in [6.07, 6.45) is 1.92. The molecular formula is C14H20N2O3S2. The van der Waals surface area contributed by atoms with Gasteiger partial charge >= 0.3 is 0 Å². The molecule has 1 aromatic carbocycles. The quantitative estimate of drug-likeness (QED) is 0.796. The summed E-state index contributed by atoms with van der Waals surface area (Å²) in [7, 11) is -1.78. The largest absolute Gasteiger partial charge is 0.389 e. The lowest BCUT2D eigenvalue weighted by Crippen LogP contribution is -2.34. The maximum atomic E-state index is 12.4. The van der Waals surface area contributed by atoms with Crippen LogP contribution in [0.15, 0.2) is 24.3 Å². The van der Waals surface area contributed by atoms with Crippen molar-refractivity contribution >= 4 is 27.2 Å². The van der Waals surface area contributed by atoms with Crippen molar-refractivity contribution in [3.8, 4) is 0 Å². The molecule has 0 spiro atoms. The van der Waals surface area contributed by atoms with Crippen molar-refractivity contribution in [2.75, 3.05) is 20.2 Å². The van der Waals surface area contributed by atoms with Gasteiger partial charge in [0, 0.05) is 25.8 Å². The molecule has 0 radical (unpaired) electrons. The Labute approximate surface area is 131 Å². The molecule has 1 aromatic rings. The van der Waals surface area contributed by atoms with Crippen molar-refractivity contribution in [2.24, 2.45) is 5.73 Å². The van der Waals surface area contributed by atoms with E-state index in [1.807, 2.05) is 0 Å². The molecule has 1 aliphatic heterocycles. The molecule has 1 heterocycles. The van der Waals surface area contributed by atoms with Gasteiger partial charge in [-0.25, -0.2) is 12.7 Å². The first-order valence-electron chi connectivity index (χ1n) is 6.83. The Morgan fingerprint density at radius 2 is 2.29 bits per heavy atom. The number of rotatable bonds is 6. The number of nitrogens with two attached hydrogens (primary N) is 1. The van der Waals surface area contributed by atoms with Gasteiger partial charge in [0.25, 0.3) is 0 Å². The number of likely N-dealkylation sites (N-methyl/N-ethyl adjacent to an activating group) is 1. The zero-order chi connectivity index (χ0) is 15.5. The van der Waals surface area contributed by atoms with Crippen molar-refractivity contribution in [3.05, 3.63) is 35.4 Å². The van der Waals surface area contributed by atoms with Gasteiger partial charge in [-0.1, -0.05) is 30.4 Å². The van der Waals surface area contributed by atoms with Gasteiger partial charge in [0.2, 0.25) is 10.0 Å². The molecule has 0 amide bonds. The van der Waals surface area contributed by atoms with Gasteiger partial charge in [-0.05, 0) is 24.5 Å². The second-order valence-electron chi connectivity index (χ2n) is 5.24. The third kappa shape index (κ3) is 4.47. The van der Waals surface area contributed by atoms with Crippen molar-refractivity contribution < 1.29 is 13.2 Å². The SMILES string of the molecule is CN(CC1CCCO1)S(=O)(=O)Cc1cccc(C(N)=S)c1. The monoisotopic (exact) mass is 328 g/mol. The first-order valence-corrected chi connectivity index (χ1v) is 8.84. The van der Waals surface area contributed by atoms with E-state index in [-0.39, 0.29) is 16.8 Å². The fourth-order valence-electron chi connectivity index (χ4n) is 2.32. The van der Waals surface area contributed by atoms with E-state index in [1.54, 1.807) is 31.3 Å². The maximum absolute atomic E-state index is 12.4. The normalized spacial score (nSPS) is 19.0. The third-order valence-electron chi connectivity index (χ3n) is 3.52. The summed E-state index contributed by atoms with van der Waals surface area (Å²) in [5, 5.41) is 0. The van der Waals surface area contributed by atoms with Crippen LogP contribution in [0.3, 0.4) is 0 Å². The van der Waals surface area contributed by atoms with Crippen LogP contribution in [0.25, 0.3) is 0 Å². The molecule has 116 valence electrons. The zero-order valence-corrected chi connectivity index (χ0v) is 13.6. The van der Waals surface area contributed by atoms with Gasteiger partial charge in [0.15, 0.2) is 0 Å². The summed E-state index contributed by atoms with van der Waals surface area (Å²) in [6.45, 7) is 1.12. The van der Waals surface area contributed by atoms with Crippen LogP contribution >= 0.6 is 12.2 Å². The highest BCUT2D eigenvalue weighted by Crippen LogP contribution is 2.17. The molecule has 0 aromatic heterocycles. The first kappa shape index (κ1) is 16.4. The number of nitrogens with zero attached hydrogens (tertiary/aromatic N) is 1. The standard InChI is InChI=1S/C14H20N2O3S2/c1-16(9-13-6-3-7-19-13)21(17,18)10-11-4-2-5-12(8-11)14(15)20/h2,4-5,8,13H,3,6-7,9-10H2,1H3,(H2,15,20). The highest BCUT2D eigenvalue weighted by Gasteiger charge is 2.24. The second-order valence-corrected chi connectivity index (χ2v) is 7.75. The van der Waals surface area contributed by atoms with E-state index in [4.69, 9.17) is 22.7 Å². The van der Waals surface area contributed by atoms with E-state index in [0.717, 1.165) is 12.8 Å². The van der Waals surface area contributed by atoms with E-state index >= 15 is 0 Å². The Bertz CT molecular complexity index is 610. The number of sulfonamides is 1.